The largest absolute Gasteiger partial charge is 0.489 e. The summed E-state index contributed by atoms with van der Waals surface area (Å²) in [6, 6.07) is 2.18. The fraction of sp³-hybridized carbons (Fsp3) is 0.706. The summed E-state index contributed by atoms with van der Waals surface area (Å²) in [5.41, 5.74) is 1.38. The van der Waals surface area contributed by atoms with Gasteiger partial charge in [0, 0.05) is 11.7 Å². The van der Waals surface area contributed by atoms with Crippen LogP contribution in [0.25, 0.3) is 0 Å². The Balaban J connectivity index is 2.27. The quantitative estimate of drug-likeness (QED) is 0.881. The van der Waals surface area contributed by atoms with Crippen molar-refractivity contribution >= 4 is 0 Å². The van der Waals surface area contributed by atoms with Crippen molar-refractivity contribution in [3.8, 4) is 5.75 Å². The van der Waals surface area contributed by atoms with E-state index >= 15 is 0 Å². The van der Waals surface area contributed by atoms with Gasteiger partial charge in [0.1, 0.15) is 5.75 Å². The molecule has 2 heterocycles. The van der Waals surface area contributed by atoms with E-state index in [0.29, 0.717) is 0 Å². The van der Waals surface area contributed by atoms with E-state index in [9.17, 15) is 0 Å². The summed E-state index contributed by atoms with van der Waals surface area (Å²) in [4.78, 5) is 4.41. The van der Waals surface area contributed by atoms with Gasteiger partial charge < -0.3 is 10.1 Å². The van der Waals surface area contributed by atoms with E-state index in [4.69, 9.17) is 4.74 Å². The third-order valence-corrected chi connectivity index (χ3v) is 4.06. The molecule has 0 bridgehead atoms. The molecule has 1 atom stereocenters. The molecule has 3 heteroatoms. The van der Waals surface area contributed by atoms with Crippen molar-refractivity contribution in [2.24, 2.45) is 0 Å². The second kappa shape index (κ2) is 7.07. The van der Waals surface area contributed by atoms with E-state index in [1.165, 1.54) is 44.1 Å². The smallest absolute Gasteiger partial charge is 0.138 e. The third kappa shape index (κ3) is 3.72. The number of nitrogens with zero attached hydrogens (tertiary/aromatic N) is 1. The molecule has 0 radical (unpaired) electrons. The van der Waals surface area contributed by atoms with Crippen LogP contribution in [0.15, 0.2) is 18.5 Å². The van der Waals surface area contributed by atoms with Crippen molar-refractivity contribution in [1.29, 1.82) is 0 Å². The van der Waals surface area contributed by atoms with E-state index in [1.54, 1.807) is 0 Å². The molecule has 1 aliphatic rings. The fourth-order valence-electron chi connectivity index (χ4n) is 3.19. The fourth-order valence-corrected chi connectivity index (χ4v) is 3.19. The Bertz CT molecular complexity index is 409. The summed E-state index contributed by atoms with van der Waals surface area (Å²) >= 11 is 0. The molecule has 1 N–H and O–H groups in total. The van der Waals surface area contributed by atoms with Crippen LogP contribution in [0.5, 0.6) is 5.75 Å². The molecule has 20 heavy (non-hydrogen) atoms. The Morgan fingerprint density at radius 2 is 2.15 bits per heavy atom. The summed E-state index contributed by atoms with van der Waals surface area (Å²) < 4.78 is 5.81. The average molecular weight is 276 g/mol. The Morgan fingerprint density at radius 1 is 1.30 bits per heavy atom. The minimum absolute atomic E-state index is 0.0919. The van der Waals surface area contributed by atoms with Crippen LogP contribution >= 0.6 is 0 Å². The van der Waals surface area contributed by atoms with Gasteiger partial charge in [0.2, 0.25) is 0 Å². The summed E-state index contributed by atoms with van der Waals surface area (Å²) in [7, 11) is 0. The van der Waals surface area contributed by atoms with Crippen molar-refractivity contribution in [3.05, 3.63) is 24.0 Å². The van der Waals surface area contributed by atoms with E-state index in [1.807, 2.05) is 12.4 Å². The number of hydrogen-bond acceptors (Lipinski definition) is 3. The highest BCUT2D eigenvalue weighted by atomic mass is 16.5. The number of nitrogens with one attached hydrogen (secondary N) is 1. The van der Waals surface area contributed by atoms with Gasteiger partial charge >= 0.3 is 0 Å². The predicted octanol–water partition coefficient (Wildman–Crippen LogP) is 4.03. The zero-order chi connectivity index (χ0) is 14.4. The van der Waals surface area contributed by atoms with Crippen LogP contribution in [0, 0.1) is 0 Å². The van der Waals surface area contributed by atoms with Crippen LogP contribution in [0.1, 0.15) is 64.9 Å². The van der Waals surface area contributed by atoms with Crippen LogP contribution in [0.3, 0.4) is 0 Å². The van der Waals surface area contributed by atoms with Crippen LogP contribution in [-0.2, 0) is 5.54 Å². The second-order valence-corrected chi connectivity index (χ2v) is 6.15. The number of rotatable bonds is 5. The maximum atomic E-state index is 5.81. The van der Waals surface area contributed by atoms with Crippen LogP contribution < -0.4 is 10.1 Å². The Hall–Kier alpha value is -1.09. The molecule has 0 aromatic carbocycles. The van der Waals surface area contributed by atoms with E-state index < -0.39 is 0 Å². The first-order valence-corrected chi connectivity index (χ1v) is 8.03. The van der Waals surface area contributed by atoms with Crippen molar-refractivity contribution in [3.63, 3.8) is 0 Å². The van der Waals surface area contributed by atoms with Gasteiger partial charge in [0.05, 0.1) is 12.3 Å². The van der Waals surface area contributed by atoms with E-state index in [-0.39, 0.29) is 11.6 Å². The first-order valence-electron chi connectivity index (χ1n) is 8.03. The highest BCUT2D eigenvalue weighted by Gasteiger charge is 2.32. The molecule has 112 valence electrons. The lowest BCUT2D eigenvalue weighted by Crippen LogP contribution is -2.41. The lowest BCUT2D eigenvalue weighted by atomic mass is 9.82. The van der Waals surface area contributed by atoms with Crippen molar-refractivity contribution in [2.75, 3.05) is 6.54 Å². The highest BCUT2D eigenvalue weighted by Crippen LogP contribution is 2.35. The van der Waals surface area contributed by atoms with Gasteiger partial charge in [-0.15, -0.1) is 0 Å². The molecule has 1 aromatic heterocycles. The molecule has 1 aliphatic heterocycles. The maximum Gasteiger partial charge on any atom is 0.138 e. The Labute approximate surface area is 123 Å². The number of hydrogen-bond donors (Lipinski definition) is 1. The van der Waals surface area contributed by atoms with Crippen molar-refractivity contribution in [1.82, 2.24) is 10.3 Å². The zero-order valence-corrected chi connectivity index (χ0v) is 13.1. The summed E-state index contributed by atoms with van der Waals surface area (Å²) in [5.74, 6) is 0.888. The average Bonchev–Trinajstić information content (AvgIpc) is 2.65. The summed E-state index contributed by atoms with van der Waals surface area (Å²) in [6.07, 6.45) is 11.5. The first-order chi connectivity index (χ1) is 9.66. The second-order valence-electron chi connectivity index (χ2n) is 6.15. The van der Waals surface area contributed by atoms with Gasteiger partial charge in [-0.2, -0.15) is 0 Å². The van der Waals surface area contributed by atoms with E-state index in [2.05, 4.69) is 37.1 Å². The van der Waals surface area contributed by atoms with Gasteiger partial charge in [-0.25, -0.2) is 0 Å². The number of pyridine rings is 1. The summed E-state index contributed by atoms with van der Waals surface area (Å²) in [6.45, 7) is 7.47. The third-order valence-electron chi connectivity index (χ3n) is 4.06. The molecule has 1 unspecified atom stereocenters. The molecule has 1 aromatic rings. The molecule has 0 spiro atoms. The predicted molar refractivity (Wildman–Crippen MR) is 83.1 cm³/mol. The van der Waals surface area contributed by atoms with Gasteiger partial charge in [-0.1, -0.05) is 26.2 Å². The normalized spacial score (nSPS) is 23.6. The molecule has 2 rings (SSSR count). The minimum Gasteiger partial charge on any atom is -0.489 e. The van der Waals surface area contributed by atoms with Crippen molar-refractivity contribution in [2.45, 2.75) is 70.9 Å². The van der Waals surface area contributed by atoms with Crippen LogP contribution in [0.2, 0.25) is 0 Å². The molecule has 0 aliphatic carbocycles. The highest BCUT2D eigenvalue weighted by molar-refractivity contribution is 5.30. The summed E-state index contributed by atoms with van der Waals surface area (Å²) in [5, 5.41) is 3.80. The lowest BCUT2D eigenvalue weighted by molar-refractivity contribution is 0.238. The van der Waals surface area contributed by atoms with Gasteiger partial charge in [-0.3, -0.25) is 4.98 Å². The molecular formula is C17H28N2O. The molecule has 1 saturated heterocycles. The van der Waals surface area contributed by atoms with Crippen molar-refractivity contribution < 1.29 is 4.74 Å². The lowest BCUT2D eigenvalue weighted by Gasteiger charge is -2.34. The molecule has 0 amide bonds. The SMILES string of the molecule is CCCC1(c2cncc(OC(C)C)c2)CCCCCN1. The Kier molecular flexibility index (Phi) is 5.41. The minimum atomic E-state index is 0.0919. The Morgan fingerprint density at radius 3 is 2.90 bits per heavy atom. The van der Waals surface area contributed by atoms with Gasteiger partial charge in [0.25, 0.3) is 0 Å². The maximum absolute atomic E-state index is 5.81. The van der Waals surface area contributed by atoms with E-state index in [0.717, 1.165) is 12.3 Å². The zero-order valence-electron chi connectivity index (χ0n) is 13.1. The molecular weight excluding hydrogens is 248 g/mol. The molecule has 1 fully saturated rings. The molecule has 3 nitrogen and oxygen atoms in total. The number of aromatic nitrogens is 1. The van der Waals surface area contributed by atoms with Crippen LogP contribution in [-0.4, -0.2) is 17.6 Å². The standard InChI is InChI=1S/C17H28N2O/c1-4-8-17(9-6-5-7-10-19-17)15-11-16(13-18-12-15)20-14(2)3/h11-14,19H,4-10H2,1-3H3. The van der Waals surface area contributed by atoms with Crippen LogP contribution in [0.4, 0.5) is 0 Å². The van der Waals surface area contributed by atoms with Gasteiger partial charge in [-0.05, 0) is 51.3 Å². The first kappa shape index (κ1) is 15.3. The number of ether oxygens (including phenoxy) is 1. The topological polar surface area (TPSA) is 34.1 Å². The monoisotopic (exact) mass is 276 g/mol. The van der Waals surface area contributed by atoms with Gasteiger partial charge in [0.15, 0.2) is 0 Å². The molecule has 0 saturated carbocycles.